The second-order valence-corrected chi connectivity index (χ2v) is 5.40. The van der Waals surface area contributed by atoms with E-state index in [4.69, 9.17) is 27.9 Å². The third-order valence-corrected chi connectivity index (χ3v) is 3.62. The van der Waals surface area contributed by atoms with Gasteiger partial charge >= 0.3 is 5.97 Å². The number of hydrogen-bond donors (Lipinski definition) is 0. The van der Waals surface area contributed by atoms with Gasteiger partial charge in [-0.05, 0) is 47.9 Å². The average molecular weight is 309 g/mol. The van der Waals surface area contributed by atoms with Gasteiger partial charge in [-0.25, -0.2) is 0 Å². The van der Waals surface area contributed by atoms with Gasteiger partial charge in [0, 0.05) is 10.0 Å². The van der Waals surface area contributed by atoms with Crippen LogP contribution in [0.5, 0.6) is 0 Å². The molecule has 0 N–H and O–H groups in total. The third-order valence-electron chi connectivity index (χ3n) is 3.15. The summed E-state index contributed by atoms with van der Waals surface area (Å²) in [5, 5.41) is 1.27. The Labute approximate surface area is 128 Å². The minimum Gasteiger partial charge on any atom is -0.469 e. The highest BCUT2D eigenvalue weighted by Crippen LogP contribution is 2.29. The number of rotatable bonds is 3. The number of carbonyl (C=O) groups excluding carboxylic acids is 1. The molecule has 4 heteroatoms. The molecule has 104 valence electrons. The van der Waals surface area contributed by atoms with Crippen molar-refractivity contribution in [2.75, 3.05) is 7.11 Å². The zero-order valence-corrected chi connectivity index (χ0v) is 12.7. The first-order valence-electron chi connectivity index (χ1n) is 6.15. The minimum atomic E-state index is -0.357. The Bertz CT molecular complexity index is 621. The van der Waals surface area contributed by atoms with E-state index in [9.17, 15) is 4.79 Å². The molecule has 0 aliphatic heterocycles. The van der Waals surface area contributed by atoms with E-state index >= 15 is 0 Å². The van der Waals surface area contributed by atoms with Crippen molar-refractivity contribution < 1.29 is 9.53 Å². The fraction of sp³-hybridized carbons (Fsp3) is 0.188. The van der Waals surface area contributed by atoms with Crippen molar-refractivity contribution in [3.05, 3.63) is 58.1 Å². The van der Waals surface area contributed by atoms with Crippen LogP contribution in [0.3, 0.4) is 0 Å². The van der Waals surface area contributed by atoms with Crippen LogP contribution in [0.15, 0.2) is 42.5 Å². The molecule has 2 aromatic carbocycles. The average Bonchev–Trinajstić information content (AvgIpc) is 2.45. The van der Waals surface area contributed by atoms with E-state index in [2.05, 4.69) is 0 Å². The van der Waals surface area contributed by atoms with Gasteiger partial charge in [0.05, 0.1) is 13.0 Å². The Hall–Kier alpha value is -1.51. The molecule has 0 aliphatic carbocycles. The summed E-state index contributed by atoms with van der Waals surface area (Å²) >= 11 is 12.0. The largest absolute Gasteiger partial charge is 0.469 e. The highest BCUT2D eigenvalue weighted by Gasteiger charge is 2.17. The lowest BCUT2D eigenvalue weighted by Gasteiger charge is -2.12. The molecule has 2 aromatic rings. The molecule has 0 aliphatic rings. The Balaban J connectivity index is 2.43. The van der Waals surface area contributed by atoms with E-state index in [1.165, 1.54) is 7.11 Å². The first-order chi connectivity index (χ1) is 9.51. The first-order valence-corrected chi connectivity index (χ1v) is 6.91. The van der Waals surface area contributed by atoms with Crippen molar-refractivity contribution in [2.45, 2.75) is 12.8 Å². The standard InChI is InChI=1S/C16H14Cl2O2/c1-10(16(19)20-2)12-7-13(9-15(18)8-12)11-3-5-14(17)6-4-11/h3-10H,1-2H3. The van der Waals surface area contributed by atoms with Crippen LogP contribution in [0.1, 0.15) is 18.4 Å². The number of methoxy groups -OCH3 is 1. The summed E-state index contributed by atoms with van der Waals surface area (Å²) in [4.78, 5) is 11.6. The fourth-order valence-corrected chi connectivity index (χ4v) is 2.35. The quantitative estimate of drug-likeness (QED) is 0.751. The summed E-state index contributed by atoms with van der Waals surface area (Å²) in [5.41, 5.74) is 2.77. The Morgan fingerprint density at radius 3 is 2.25 bits per heavy atom. The lowest BCUT2D eigenvalue weighted by Crippen LogP contribution is -2.10. The minimum absolute atomic E-state index is 0.283. The van der Waals surface area contributed by atoms with Crippen LogP contribution in [0.25, 0.3) is 11.1 Å². The molecule has 0 fully saturated rings. The van der Waals surface area contributed by atoms with Crippen molar-refractivity contribution in [2.24, 2.45) is 0 Å². The van der Waals surface area contributed by atoms with Crippen molar-refractivity contribution in [1.82, 2.24) is 0 Å². The molecule has 0 saturated carbocycles. The molecular formula is C16H14Cl2O2. The molecule has 0 spiro atoms. The first kappa shape index (κ1) is 14.9. The summed E-state index contributed by atoms with van der Waals surface area (Å²) in [6, 6.07) is 13.1. The summed E-state index contributed by atoms with van der Waals surface area (Å²) in [7, 11) is 1.38. The van der Waals surface area contributed by atoms with E-state index in [0.29, 0.717) is 10.0 Å². The third kappa shape index (κ3) is 3.33. The van der Waals surface area contributed by atoms with Crippen LogP contribution < -0.4 is 0 Å². The van der Waals surface area contributed by atoms with E-state index in [-0.39, 0.29) is 11.9 Å². The molecule has 2 nitrogen and oxygen atoms in total. The predicted octanol–water partition coefficient (Wildman–Crippen LogP) is 4.94. The zero-order chi connectivity index (χ0) is 14.7. The number of carbonyl (C=O) groups is 1. The van der Waals surface area contributed by atoms with E-state index in [0.717, 1.165) is 16.7 Å². The molecular weight excluding hydrogens is 295 g/mol. The molecule has 20 heavy (non-hydrogen) atoms. The number of benzene rings is 2. The SMILES string of the molecule is COC(=O)C(C)c1cc(Cl)cc(-c2ccc(Cl)cc2)c1. The van der Waals surface area contributed by atoms with Gasteiger partial charge in [0.1, 0.15) is 0 Å². The predicted molar refractivity (Wildman–Crippen MR) is 82.3 cm³/mol. The summed E-state index contributed by atoms with van der Waals surface area (Å²) in [6.45, 7) is 1.79. The zero-order valence-electron chi connectivity index (χ0n) is 11.2. The lowest BCUT2D eigenvalue weighted by molar-refractivity contribution is -0.141. The molecule has 0 radical (unpaired) electrons. The maximum absolute atomic E-state index is 11.6. The van der Waals surface area contributed by atoms with E-state index in [1.807, 2.05) is 36.4 Å². The molecule has 2 rings (SSSR count). The lowest BCUT2D eigenvalue weighted by atomic mass is 9.96. The van der Waals surface area contributed by atoms with Gasteiger partial charge in [-0.1, -0.05) is 41.4 Å². The molecule has 0 bridgehead atoms. The van der Waals surface area contributed by atoms with Crippen LogP contribution >= 0.6 is 23.2 Å². The van der Waals surface area contributed by atoms with Gasteiger partial charge < -0.3 is 4.74 Å². The smallest absolute Gasteiger partial charge is 0.312 e. The van der Waals surface area contributed by atoms with Gasteiger partial charge in [0.2, 0.25) is 0 Å². The second kappa shape index (κ2) is 6.29. The maximum Gasteiger partial charge on any atom is 0.312 e. The molecule has 0 heterocycles. The van der Waals surface area contributed by atoms with Gasteiger partial charge in [0.25, 0.3) is 0 Å². The highest BCUT2D eigenvalue weighted by molar-refractivity contribution is 6.31. The van der Waals surface area contributed by atoms with Crippen molar-refractivity contribution >= 4 is 29.2 Å². The normalized spacial score (nSPS) is 12.0. The Morgan fingerprint density at radius 1 is 1.00 bits per heavy atom. The van der Waals surface area contributed by atoms with Crippen molar-refractivity contribution in [3.8, 4) is 11.1 Å². The van der Waals surface area contributed by atoms with Crippen molar-refractivity contribution in [3.63, 3.8) is 0 Å². The van der Waals surface area contributed by atoms with Crippen molar-refractivity contribution in [1.29, 1.82) is 0 Å². The molecule has 0 saturated heterocycles. The molecule has 1 unspecified atom stereocenters. The van der Waals surface area contributed by atoms with E-state index in [1.54, 1.807) is 13.0 Å². The number of halogens is 2. The summed E-state index contributed by atoms with van der Waals surface area (Å²) in [5.74, 6) is -0.640. The summed E-state index contributed by atoms with van der Waals surface area (Å²) in [6.07, 6.45) is 0. The van der Waals surface area contributed by atoms with Gasteiger partial charge in [-0.2, -0.15) is 0 Å². The number of esters is 1. The molecule has 0 amide bonds. The molecule has 1 atom stereocenters. The van der Waals surface area contributed by atoms with Gasteiger partial charge in [0.15, 0.2) is 0 Å². The Morgan fingerprint density at radius 2 is 1.65 bits per heavy atom. The molecule has 0 aromatic heterocycles. The Kier molecular flexibility index (Phi) is 4.69. The van der Waals surface area contributed by atoms with Crippen LogP contribution in [-0.4, -0.2) is 13.1 Å². The number of hydrogen-bond acceptors (Lipinski definition) is 2. The van der Waals surface area contributed by atoms with Crippen LogP contribution in [-0.2, 0) is 9.53 Å². The van der Waals surface area contributed by atoms with Gasteiger partial charge in [-0.3, -0.25) is 4.79 Å². The van der Waals surface area contributed by atoms with E-state index < -0.39 is 0 Å². The maximum atomic E-state index is 11.6. The van der Waals surface area contributed by atoms with Gasteiger partial charge in [-0.15, -0.1) is 0 Å². The van der Waals surface area contributed by atoms with Crippen LogP contribution in [0, 0.1) is 0 Å². The monoisotopic (exact) mass is 308 g/mol. The number of ether oxygens (including phenoxy) is 1. The fourth-order valence-electron chi connectivity index (χ4n) is 1.98. The second-order valence-electron chi connectivity index (χ2n) is 4.52. The van der Waals surface area contributed by atoms with Crippen LogP contribution in [0.2, 0.25) is 10.0 Å². The topological polar surface area (TPSA) is 26.3 Å². The highest BCUT2D eigenvalue weighted by atomic mass is 35.5. The van der Waals surface area contributed by atoms with Crippen LogP contribution in [0.4, 0.5) is 0 Å². The summed E-state index contributed by atoms with van der Waals surface area (Å²) < 4.78 is 4.77.